The molecule has 0 aliphatic rings. The number of carbonyl (C=O) groups is 1. The molecule has 0 radical (unpaired) electrons. The van der Waals surface area contributed by atoms with Crippen molar-refractivity contribution in [1.29, 1.82) is 0 Å². The highest BCUT2D eigenvalue weighted by Crippen LogP contribution is 2.23. The van der Waals surface area contributed by atoms with E-state index in [1.807, 2.05) is 29.6 Å². The lowest BCUT2D eigenvalue weighted by Gasteiger charge is -2.08. The summed E-state index contributed by atoms with van der Waals surface area (Å²) in [6.45, 7) is 2.02. The second-order valence-electron chi connectivity index (χ2n) is 3.60. The van der Waals surface area contributed by atoms with Gasteiger partial charge in [-0.05, 0) is 46.4 Å². The van der Waals surface area contributed by atoms with Gasteiger partial charge in [0, 0.05) is 5.56 Å². The predicted molar refractivity (Wildman–Crippen MR) is 72.8 cm³/mol. The van der Waals surface area contributed by atoms with Crippen LogP contribution in [0.2, 0.25) is 0 Å². The first-order chi connectivity index (χ1) is 8.16. The van der Waals surface area contributed by atoms with Crippen molar-refractivity contribution in [2.24, 2.45) is 0 Å². The van der Waals surface area contributed by atoms with Crippen molar-refractivity contribution in [3.8, 4) is 5.75 Å². The summed E-state index contributed by atoms with van der Waals surface area (Å²) in [6.07, 6.45) is 0. The molecule has 0 amide bonds. The van der Waals surface area contributed by atoms with E-state index in [4.69, 9.17) is 4.74 Å². The molecule has 0 saturated heterocycles. The molecule has 2 aromatic rings. The van der Waals surface area contributed by atoms with Crippen molar-refractivity contribution >= 4 is 33.0 Å². The zero-order valence-electron chi connectivity index (χ0n) is 9.27. The van der Waals surface area contributed by atoms with Crippen molar-refractivity contribution in [2.45, 2.75) is 13.5 Å². The number of ether oxygens (including phenoxy) is 1. The van der Waals surface area contributed by atoms with Crippen molar-refractivity contribution in [3.63, 3.8) is 0 Å². The molecule has 1 aromatic heterocycles. The van der Waals surface area contributed by atoms with Gasteiger partial charge in [-0.3, -0.25) is 4.79 Å². The molecule has 1 heterocycles. The zero-order valence-corrected chi connectivity index (χ0v) is 11.7. The standard InChI is InChI=1S/C13H11BrO2S/c1-9(15)11-4-2-3-5-12(11)16-7-10-6-13(14)17-8-10/h2-6,8H,7H2,1H3. The van der Waals surface area contributed by atoms with Crippen LogP contribution in [0.15, 0.2) is 39.5 Å². The molecule has 2 nitrogen and oxygen atoms in total. The minimum atomic E-state index is 0.0205. The molecule has 0 atom stereocenters. The highest BCUT2D eigenvalue weighted by atomic mass is 79.9. The average Bonchev–Trinajstić information content (AvgIpc) is 2.73. The molecule has 0 aliphatic carbocycles. The maximum absolute atomic E-state index is 11.4. The summed E-state index contributed by atoms with van der Waals surface area (Å²) in [5, 5.41) is 2.03. The highest BCUT2D eigenvalue weighted by molar-refractivity contribution is 9.11. The van der Waals surface area contributed by atoms with Crippen LogP contribution in [0.3, 0.4) is 0 Å². The molecule has 0 unspecified atom stereocenters. The quantitative estimate of drug-likeness (QED) is 0.787. The van der Waals surface area contributed by atoms with Gasteiger partial charge in [0.15, 0.2) is 5.78 Å². The van der Waals surface area contributed by atoms with Gasteiger partial charge in [-0.25, -0.2) is 0 Å². The van der Waals surface area contributed by atoms with Crippen LogP contribution in [0, 0.1) is 0 Å². The van der Waals surface area contributed by atoms with Crippen molar-refractivity contribution < 1.29 is 9.53 Å². The summed E-state index contributed by atoms with van der Waals surface area (Å²) in [4.78, 5) is 11.4. The van der Waals surface area contributed by atoms with Gasteiger partial charge < -0.3 is 4.74 Å². The first-order valence-corrected chi connectivity index (χ1v) is 6.80. The molecular formula is C13H11BrO2S. The summed E-state index contributed by atoms with van der Waals surface area (Å²) in [7, 11) is 0. The van der Waals surface area contributed by atoms with Crippen LogP contribution < -0.4 is 4.74 Å². The molecule has 0 fully saturated rings. The molecule has 0 aliphatic heterocycles. The van der Waals surface area contributed by atoms with Gasteiger partial charge in [0.1, 0.15) is 12.4 Å². The summed E-state index contributed by atoms with van der Waals surface area (Å²) in [5.41, 5.74) is 1.72. The molecule has 0 saturated carbocycles. The second-order valence-corrected chi connectivity index (χ2v) is 5.89. The van der Waals surface area contributed by atoms with Gasteiger partial charge in [-0.1, -0.05) is 12.1 Å². The van der Waals surface area contributed by atoms with E-state index in [0.717, 1.165) is 9.35 Å². The van der Waals surface area contributed by atoms with Gasteiger partial charge >= 0.3 is 0 Å². The van der Waals surface area contributed by atoms with Crippen LogP contribution >= 0.6 is 27.3 Å². The number of ketones is 1. The van der Waals surface area contributed by atoms with Crippen LogP contribution in [0.5, 0.6) is 5.75 Å². The summed E-state index contributed by atoms with van der Waals surface area (Å²) < 4.78 is 6.74. The van der Waals surface area contributed by atoms with E-state index in [0.29, 0.717) is 17.9 Å². The Bertz CT molecular complexity index is 534. The summed E-state index contributed by atoms with van der Waals surface area (Å²) in [6, 6.07) is 9.32. The lowest BCUT2D eigenvalue weighted by Crippen LogP contribution is -2.00. The molecule has 88 valence electrons. The predicted octanol–water partition coefficient (Wildman–Crippen LogP) is 4.29. The number of Topliss-reactive ketones (excluding diaryl/α,β-unsaturated/α-hetero) is 1. The van der Waals surface area contributed by atoms with E-state index in [2.05, 4.69) is 15.9 Å². The van der Waals surface area contributed by atoms with Crippen molar-refractivity contribution in [3.05, 3.63) is 50.6 Å². The number of rotatable bonds is 4. The van der Waals surface area contributed by atoms with Gasteiger partial charge in [-0.2, -0.15) is 0 Å². The minimum absolute atomic E-state index is 0.0205. The van der Waals surface area contributed by atoms with Crippen molar-refractivity contribution in [2.75, 3.05) is 0 Å². The minimum Gasteiger partial charge on any atom is -0.488 e. The Morgan fingerprint density at radius 1 is 1.41 bits per heavy atom. The average molecular weight is 311 g/mol. The van der Waals surface area contributed by atoms with Crippen LogP contribution in [-0.4, -0.2) is 5.78 Å². The number of carbonyl (C=O) groups excluding carboxylic acids is 1. The van der Waals surface area contributed by atoms with E-state index in [1.165, 1.54) is 0 Å². The van der Waals surface area contributed by atoms with Crippen molar-refractivity contribution in [1.82, 2.24) is 0 Å². The summed E-state index contributed by atoms with van der Waals surface area (Å²) in [5.74, 6) is 0.662. The highest BCUT2D eigenvalue weighted by Gasteiger charge is 2.07. The SMILES string of the molecule is CC(=O)c1ccccc1OCc1csc(Br)c1. The number of benzene rings is 1. The Morgan fingerprint density at radius 3 is 2.82 bits per heavy atom. The van der Waals surface area contributed by atoms with E-state index >= 15 is 0 Å². The Kier molecular flexibility index (Phi) is 3.97. The van der Waals surface area contributed by atoms with Gasteiger partial charge in [0.25, 0.3) is 0 Å². The maximum Gasteiger partial charge on any atom is 0.163 e. The smallest absolute Gasteiger partial charge is 0.163 e. The Balaban J connectivity index is 2.11. The lowest BCUT2D eigenvalue weighted by atomic mass is 10.1. The fourth-order valence-corrected chi connectivity index (χ4v) is 2.66. The Labute approximate surface area is 112 Å². The number of thiophene rings is 1. The fourth-order valence-electron chi connectivity index (χ4n) is 1.47. The summed E-state index contributed by atoms with van der Waals surface area (Å²) >= 11 is 5.02. The molecule has 2 rings (SSSR count). The second kappa shape index (κ2) is 5.47. The Hall–Kier alpha value is -1.13. The monoisotopic (exact) mass is 310 g/mol. The van der Waals surface area contributed by atoms with Gasteiger partial charge in [0.2, 0.25) is 0 Å². The van der Waals surface area contributed by atoms with Crippen LogP contribution in [0.4, 0.5) is 0 Å². The molecular weight excluding hydrogens is 300 g/mol. The van der Waals surface area contributed by atoms with E-state index in [-0.39, 0.29) is 5.78 Å². The Morgan fingerprint density at radius 2 is 2.18 bits per heavy atom. The maximum atomic E-state index is 11.4. The molecule has 0 bridgehead atoms. The zero-order chi connectivity index (χ0) is 12.3. The molecule has 1 aromatic carbocycles. The van der Waals surface area contributed by atoms with E-state index in [9.17, 15) is 4.79 Å². The van der Waals surface area contributed by atoms with Crippen LogP contribution in [0.1, 0.15) is 22.8 Å². The van der Waals surface area contributed by atoms with Crippen LogP contribution in [-0.2, 0) is 6.61 Å². The third-order valence-corrected chi connectivity index (χ3v) is 3.84. The fraction of sp³-hybridized carbons (Fsp3) is 0.154. The number of hydrogen-bond donors (Lipinski definition) is 0. The molecule has 0 spiro atoms. The topological polar surface area (TPSA) is 26.3 Å². The normalized spacial score (nSPS) is 10.2. The molecule has 0 N–H and O–H groups in total. The molecule has 4 heteroatoms. The first-order valence-electron chi connectivity index (χ1n) is 5.12. The number of hydrogen-bond acceptors (Lipinski definition) is 3. The molecule has 17 heavy (non-hydrogen) atoms. The first kappa shape index (κ1) is 12.3. The number of para-hydroxylation sites is 1. The third-order valence-electron chi connectivity index (χ3n) is 2.28. The largest absolute Gasteiger partial charge is 0.488 e. The van der Waals surface area contributed by atoms with Gasteiger partial charge in [-0.15, -0.1) is 11.3 Å². The number of halogens is 1. The van der Waals surface area contributed by atoms with Crippen LogP contribution in [0.25, 0.3) is 0 Å². The van der Waals surface area contributed by atoms with E-state index < -0.39 is 0 Å². The van der Waals surface area contributed by atoms with E-state index in [1.54, 1.807) is 24.3 Å². The van der Waals surface area contributed by atoms with Gasteiger partial charge in [0.05, 0.1) is 9.35 Å². The third kappa shape index (κ3) is 3.17. The lowest BCUT2D eigenvalue weighted by molar-refractivity contribution is 0.101.